The molecule has 0 bridgehead atoms. The third-order valence-electron chi connectivity index (χ3n) is 7.07. The van der Waals surface area contributed by atoms with Gasteiger partial charge in [0.15, 0.2) is 26.7 Å². The van der Waals surface area contributed by atoms with E-state index >= 15 is 4.39 Å². The molecule has 10 nitrogen and oxygen atoms in total. The maximum atomic E-state index is 15.4. The lowest BCUT2D eigenvalue weighted by Crippen LogP contribution is -2.41. The van der Waals surface area contributed by atoms with E-state index in [1.54, 1.807) is 26.8 Å². The maximum absolute atomic E-state index is 15.4. The summed E-state index contributed by atoms with van der Waals surface area (Å²) in [4.78, 5) is 31.2. The predicted octanol–water partition coefficient (Wildman–Crippen LogP) is 6.86. The third kappa shape index (κ3) is 9.45. The van der Waals surface area contributed by atoms with Gasteiger partial charge in [-0.05, 0) is 50.4 Å². The minimum absolute atomic E-state index is 0.0119. The molecule has 0 unspecified atom stereocenters. The van der Waals surface area contributed by atoms with Gasteiger partial charge in [0.25, 0.3) is 0 Å². The van der Waals surface area contributed by atoms with Gasteiger partial charge < -0.3 is 23.2 Å². The highest BCUT2D eigenvalue weighted by atomic mass is 28.4. The highest BCUT2D eigenvalue weighted by molar-refractivity contribution is 6.74. The Hall–Kier alpha value is -3.08. The van der Waals surface area contributed by atoms with Crippen molar-refractivity contribution in [1.82, 2.24) is 9.55 Å². The maximum Gasteiger partial charge on any atom is 0.510 e. The summed E-state index contributed by atoms with van der Waals surface area (Å²) in [6.45, 7) is 21.6. The average Bonchev–Trinajstić information content (AvgIpc) is 3.26. The number of ether oxygens (including phenoxy) is 3. The molecule has 0 spiro atoms. The van der Waals surface area contributed by atoms with Crippen LogP contribution in [0.1, 0.15) is 74.3 Å². The van der Waals surface area contributed by atoms with Crippen LogP contribution in [0.3, 0.4) is 0 Å². The smallest absolute Gasteiger partial charge is 0.432 e. The molecule has 43 heavy (non-hydrogen) atoms. The number of amides is 1. The van der Waals surface area contributed by atoms with Crippen molar-refractivity contribution in [2.45, 2.75) is 92.4 Å². The average molecular weight is 625 g/mol. The first-order chi connectivity index (χ1) is 19.6. The van der Waals surface area contributed by atoms with Crippen molar-refractivity contribution in [1.29, 1.82) is 5.26 Å². The van der Waals surface area contributed by atoms with Gasteiger partial charge in [0.05, 0.1) is 25.4 Å². The summed E-state index contributed by atoms with van der Waals surface area (Å²) >= 11 is 0. The van der Waals surface area contributed by atoms with Crippen molar-refractivity contribution in [3.05, 3.63) is 23.3 Å². The molecule has 1 aromatic carbocycles. The molecule has 0 fully saturated rings. The first kappa shape index (κ1) is 36.1. The molecule has 0 saturated carbocycles. The van der Waals surface area contributed by atoms with E-state index in [1.165, 1.54) is 4.57 Å². The Kier molecular flexibility index (Phi) is 11.5. The summed E-state index contributed by atoms with van der Waals surface area (Å²) in [6, 6.07) is 2.41. The lowest BCUT2D eigenvalue weighted by Gasteiger charge is -2.36. The largest absolute Gasteiger partial charge is 0.510 e. The number of nitriles is 1. The Bertz CT molecular complexity index is 1350. The van der Waals surface area contributed by atoms with E-state index in [4.69, 9.17) is 18.6 Å². The van der Waals surface area contributed by atoms with Crippen LogP contribution in [0.4, 0.5) is 19.5 Å². The molecule has 0 atom stereocenters. The Morgan fingerprint density at radius 2 is 1.60 bits per heavy atom. The van der Waals surface area contributed by atoms with Gasteiger partial charge in [-0.3, -0.25) is 4.79 Å². The number of carbonyl (C=O) groups excluding carboxylic acids is 2. The van der Waals surface area contributed by atoms with Crippen molar-refractivity contribution in [2.75, 3.05) is 38.1 Å². The molecule has 0 aliphatic rings. The Morgan fingerprint density at radius 1 is 1.00 bits per heavy atom. The number of hydrogen-bond donors (Lipinski definition) is 0. The van der Waals surface area contributed by atoms with E-state index < -0.39 is 55.3 Å². The zero-order chi connectivity index (χ0) is 33.0. The van der Waals surface area contributed by atoms with Crippen LogP contribution >= 0.6 is 0 Å². The number of benzene rings is 1. The second kappa shape index (κ2) is 13.7. The number of imidazole rings is 1. The first-order valence-electron chi connectivity index (χ1n) is 14.2. The monoisotopic (exact) mass is 624 g/mol. The highest BCUT2D eigenvalue weighted by Gasteiger charge is 2.37. The number of hydrogen-bond acceptors (Lipinski definition) is 8. The lowest BCUT2D eigenvalue weighted by molar-refractivity contribution is -0.121. The molecule has 0 aliphatic carbocycles. The Balaban J connectivity index is 2.20. The van der Waals surface area contributed by atoms with Crippen LogP contribution in [0.25, 0.3) is 11.0 Å². The summed E-state index contributed by atoms with van der Waals surface area (Å²) in [5.41, 5.74) is -2.51. The fourth-order valence-electron chi connectivity index (χ4n) is 3.87. The van der Waals surface area contributed by atoms with E-state index in [2.05, 4.69) is 38.8 Å². The molecule has 1 amide bonds. The summed E-state index contributed by atoms with van der Waals surface area (Å²) < 4.78 is 53.6. The summed E-state index contributed by atoms with van der Waals surface area (Å²) in [5.74, 6) is -2.52. The second-order valence-corrected chi connectivity index (χ2v) is 18.9. The molecule has 2 aromatic rings. The van der Waals surface area contributed by atoms with E-state index in [1.807, 2.05) is 20.8 Å². The SMILES string of the molecule is CC(C)(C)CC(=O)N(COC(=O)OCCOCCO[Si](C)(C)C(C)(C)C)c1nc2c(F)cc(C#N)c(F)c2n1C(C)(C)C. The quantitative estimate of drug-likeness (QED) is 0.115. The van der Waals surface area contributed by atoms with Crippen molar-refractivity contribution in [3.63, 3.8) is 0 Å². The Labute approximate surface area is 254 Å². The zero-order valence-electron chi connectivity index (χ0n) is 27.3. The fraction of sp³-hybridized carbons (Fsp3) is 0.667. The molecule has 240 valence electrons. The fourth-order valence-corrected chi connectivity index (χ4v) is 4.90. The van der Waals surface area contributed by atoms with E-state index in [-0.39, 0.29) is 41.7 Å². The van der Waals surface area contributed by atoms with E-state index in [0.29, 0.717) is 13.2 Å². The number of anilines is 1. The summed E-state index contributed by atoms with van der Waals surface area (Å²) in [6.07, 6.45) is -1.05. The number of aromatic nitrogens is 2. The van der Waals surface area contributed by atoms with Gasteiger partial charge in [-0.2, -0.15) is 5.26 Å². The second-order valence-electron chi connectivity index (χ2n) is 14.1. The Morgan fingerprint density at radius 3 is 2.14 bits per heavy atom. The summed E-state index contributed by atoms with van der Waals surface area (Å²) in [7, 11) is -1.88. The molecule has 0 radical (unpaired) electrons. The number of fused-ring (bicyclic) bond motifs is 1. The lowest BCUT2D eigenvalue weighted by atomic mass is 9.92. The number of nitrogens with zero attached hydrogens (tertiary/aromatic N) is 4. The molecular formula is C30H46F2N4O6Si. The van der Waals surface area contributed by atoms with Crippen LogP contribution in [-0.2, 0) is 29.0 Å². The molecule has 0 N–H and O–H groups in total. The number of carbonyl (C=O) groups is 2. The van der Waals surface area contributed by atoms with Crippen LogP contribution in [0.15, 0.2) is 6.07 Å². The van der Waals surface area contributed by atoms with E-state index in [9.17, 15) is 19.2 Å². The molecular weight excluding hydrogens is 578 g/mol. The minimum Gasteiger partial charge on any atom is -0.432 e. The van der Waals surface area contributed by atoms with Gasteiger partial charge in [-0.15, -0.1) is 0 Å². The highest BCUT2D eigenvalue weighted by Crippen LogP contribution is 2.37. The molecule has 13 heteroatoms. The van der Waals surface area contributed by atoms with Gasteiger partial charge in [0.2, 0.25) is 11.9 Å². The van der Waals surface area contributed by atoms with Crippen LogP contribution in [0.5, 0.6) is 0 Å². The minimum atomic E-state index is -1.88. The molecule has 1 heterocycles. The van der Waals surface area contributed by atoms with Gasteiger partial charge in [0, 0.05) is 12.0 Å². The third-order valence-corrected chi connectivity index (χ3v) is 11.6. The van der Waals surface area contributed by atoms with Gasteiger partial charge in [0.1, 0.15) is 23.7 Å². The molecule has 1 aromatic heterocycles. The van der Waals surface area contributed by atoms with Gasteiger partial charge >= 0.3 is 6.16 Å². The van der Waals surface area contributed by atoms with Crippen molar-refractivity contribution in [3.8, 4) is 6.07 Å². The van der Waals surface area contributed by atoms with E-state index in [0.717, 1.165) is 11.0 Å². The first-order valence-corrected chi connectivity index (χ1v) is 17.1. The molecule has 0 aliphatic heterocycles. The number of rotatable bonds is 11. The van der Waals surface area contributed by atoms with Crippen LogP contribution in [0.2, 0.25) is 18.1 Å². The van der Waals surface area contributed by atoms with Crippen LogP contribution in [-0.4, -0.2) is 63.1 Å². The number of halogens is 2. The zero-order valence-corrected chi connectivity index (χ0v) is 28.3. The van der Waals surface area contributed by atoms with Crippen LogP contribution in [0, 0.1) is 28.4 Å². The molecule has 0 saturated heterocycles. The normalized spacial score (nSPS) is 12.7. The summed E-state index contributed by atoms with van der Waals surface area (Å²) in [5, 5.41) is 9.41. The van der Waals surface area contributed by atoms with Crippen molar-refractivity contribution in [2.24, 2.45) is 5.41 Å². The van der Waals surface area contributed by atoms with Gasteiger partial charge in [-0.25, -0.2) is 23.5 Å². The van der Waals surface area contributed by atoms with Crippen molar-refractivity contribution >= 4 is 37.4 Å². The molecule has 2 rings (SSSR count). The predicted molar refractivity (Wildman–Crippen MR) is 162 cm³/mol. The van der Waals surface area contributed by atoms with Crippen molar-refractivity contribution < 1.29 is 37.0 Å². The standard InChI is InChI=1S/C30H46F2N4O6Si/c1-28(2,3)17-22(37)35(19-41-27(38)40-14-12-39-13-15-42-43(10,11)30(7,8)9)26-34-24-21(31)16-20(18-33)23(32)25(24)36(26)29(4,5)6/h16H,12-15,17,19H2,1-11H3. The van der Waals surface area contributed by atoms with Gasteiger partial charge in [-0.1, -0.05) is 41.5 Å². The topological polar surface area (TPSA) is 116 Å². The van der Waals surface area contributed by atoms with Crippen LogP contribution < -0.4 is 4.90 Å².